The number of H-pyrrole nitrogens is 1. The Morgan fingerprint density at radius 2 is 2.12 bits per heavy atom. The summed E-state index contributed by atoms with van der Waals surface area (Å²) in [5, 5.41) is 0.723. The van der Waals surface area contributed by atoms with E-state index in [4.69, 9.17) is 0 Å². The van der Waals surface area contributed by atoms with Gasteiger partial charge >= 0.3 is 0 Å². The Balaban J connectivity index is 2.53. The first-order chi connectivity index (χ1) is 7.88. The predicted molar refractivity (Wildman–Crippen MR) is 70.0 cm³/mol. The highest BCUT2D eigenvalue weighted by atomic mass is 79.9. The first-order valence-electron chi connectivity index (χ1n) is 4.85. The molecule has 4 nitrogen and oxygen atoms in total. The molecule has 0 unspecified atom stereocenters. The number of carbonyl (C=O) groups excluding carboxylic acids is 1. The summed E-state index contributed by atoms with van der Waals surface area (Å²) in [5.41, 5.74) is 1.20. The molecule has 90 valence electrons. The van der Waals surface area contributed by atoms with E-state index in [1.54, 1.807) is 6.20 Å². The lowest BCUT2D eigenvalue weighted by Crippen LogP contribution is -2.14. The second-order valence-electron chi connectivity index (χ2n) is 3.86. The summed E-state index contributed by atoms with van der Waals surface area (Å²) in [4.78, 5) is 14.8. The molecule has 0 amide bonds. The van der Waals surface area contributed by atoms with E-state index >= 15 is 0 Å². The molecule has 1 aromatic carbocycles. The molecule has 6 heteroatoms. The molecule has 0 saturated carbocycles. The number of ketones is 1. The van der Waals surface area contributed by atoms with Crippen LogP contribution in [0.2, 0.25) is 0 Å². The zero-order valence-corrected chi connectivity index (χ0v) is 11.4. The van der Waals surface area contributed by atoms with E-state index in [9.17, 15) is 13.2 Å². The van der Waals surface area contributed by atoms with Crippen LogP contribution in [0.15, 0.2) is 28.9 Å². The summed E-state index contributed by atoms with van der Waals surface area (Å²) in [5.74, 6) is -0.868. The number of hydrogen-bond acceptors (Lipinski definition) is 3. The third kappa shape index (κ3) is 2.58. The topological polar surface area (TPSA) is 67.0 Å². The maximum atomic E-state index is 11.9. The number of sulfone groups is 1. The van der Waals surface area contributed by atoms with Crippen LogP contribution in [0.5, 0.6) is 0 Å². The summed E-state index contributed by atoms with van der Waals surface area (Å²) >= 11 is 3.35. The summed E-state index contributed by atoms with van der Waals surface area (Å²) in [6.45, 7) is 0. The summed E-state index contributed by atoms with van der Waals surface area (Å²) in [7, 11) is -3.31. The number of carbonyl (C=O) groups is 1. The largest absolute Gasteiger partial charge is 0.360 e. The van der Waals surface area contributed by atoms with Crippen LogP contribution < -0.4 is 0 Å². The van der Waals surface area contributed by atoms with E-state index in [1.165, 1.54) is 0 Å². The molecule has 0 fully saturated rings. The van der Waals surface area contributed by atoms with Crippen LogP contribution in [0.4, 0.5) is 0 Å². The number of benzene rings is 1. The van der Waals surface area contributed by atoms with E-state index in [0.29, 0.717) is 5.56 Å². The van der Waals surface area contributed by atoms with Crippen molar-refractivity contribution < 1.29 is 13.2 Å². The predicted octanol–water partition coefficient (Wildman–Crippen LogP) is 2.16. The molecular formula is C11H10BrNO3S. The van der Waals surface area contributed by atoms with Crippen LogP contribution in [0.1, 0.15) is 10.4 Å². The smallest absolute Gasteiger partial charge is 0.180 e. The van der Waals surface area contributed by atoms with Gasteiger partial charge in [-0.05, 0) is 12.1 Å². The van der Waals surface area contributed by atoms with Gasteiger partial charge in [-0.3, -0.25) is 4.79 Å². The van der Waals surface area contributed by atoms with Crippen molar-refractivity contribution in [3.63, 3.8) is 0 Å². The minimum atomic E-state index is -3.31. The zero-order chi connectivity index (χ0) is 12.6. The highest BCUT2D eigenvalue weighted by Gasteiger charge is 2.18. The van der Waals surface area contributed by atoms with E-state index in [1.807, 2.05) is 18.2 Å². The van der Waals surface area contributed by atoms with Crippen LogP contribution in [0, 0.1) is 0 Å². The average molecular weight is 316 g/mol. The van der Waals surface area contributed by atoms with Gasteiger partial charge < -0.3 is 4.98 Å². The second kappa shape index (κ2) is 4.27. The Bertz CT molecular complexity index is 688. The molecule has 2 rings (SSSR count). The van der Waals surface area contributed by atoms with Gasteiger partial charge in [-0.2, -0.15) is 0 Å². The number of nitrogens with one attached hydrogen (secondary N) is 1. The van der Waals surface area contributed by atoms with Gasteiger partial charge in [-0.25, -0.2) is 8.42 Å². The number of rotatable bonds is 3. The molecule has 0 atom stereocenters. The summed E-state index contributed by atoms with van der Waals surface area (Å²) < 4.78 is 23.0. The van der Waals surface area contributed by atoms with Crippen molar-refractivity contribution in [3.05, 3.63) is 34.4 Å². The third-order valence-corrected chi connectivity index (χ3v) is 3.80. The molecular weight excluding hydrogens is 306 g/mol. The zero-order valence-electron chi connectivity index (χ0n) is 9.03. The minimum absolute atomic E-state index is 0.398. The molecule has 0 aliphatic carbocycles. The van der Waals surface area contributed by atoms with Gasteiger partial charge in [-0.1, -0.05) is 22.0 Å². The normalized spacial score (nSPS) is 11.9. The molecule has 1 aromatic heterocycles. The SMILES string of the molecule is CS(=O)(=O)CC(=O)c1c[nH]c2cccc(Br)c12. The van der Waals surface area contributed by atoms with Crippen LogP contribution in [0.3, 0.4) is 0 Å². The van der Waals surface area contributed by atoms with Gasteiger partial charge in [0.2, 0.25) is 0 Å². The highest BCUT2D eigenvalue weighted by Crippen LogP contribution is 2.27. The van der Waals surface area contributed by atoms with Crippen molar-refractivity contribution in [2.75, 3.05) is 12.0 Å². The fourth-order valence-electron chi connectivity index (χ4n) is 1.68. The van der Waals surface area contributed by atoms with Crippen LogP contribution in [-0.2, 0) is 9.84 Å². The quantitative estimate of drug-likeness (QED) is 0.883. The summed E-state index contributed by atoms with van der Waals surface area (Å²) in [6, 6.07) is 5.48. The Morgan fingerprint density at radius 1 is 1.41 bits per heavy atom. The van der Waals surface area contributed by atoms with E-state index in [0.717, 1.165) is 21.6 Å². The van der Waals surface area contributed by atoms with Crippen molar-refractivity contribution in [3.8, 4) is 0 Å². The Morgan fingerprint density at radius 3 is 2.76 bits per heavy atom. The first kappa shape index (κ1) is 12.3. The molecule has 0 saturated heterocycles. The molecule has 0 bridgehead atoms. The number of halogens is 1. The number of Topliss-reactive ketones (excluding diaryl/α,β-unsaturated/α-hetero) is 1. The molecule has 0 radical (unpaired) electrons. The van der Waals surface area contributed by atoms with Gasteiger partial charge in [0.15, 0.2) is 15.6 Å². The van der Waals surface area contributed by atoms with Crippen molar-refractivity contribution in [1.82, 2.24) is 4.98 Å². The van der Waals surface area contributed by atoms with Crippen LogP contribution in [0.25, 0.3) is 10.9 Å². The standard InChI is InChI=1S/C11H10BrNO3S/c1-17(15,16)6-10(14)7-5-13-9-4-2-3-8(12)11(7)9/h2-5,13H,6H2,1H3. The van der Waals surface area contributed by atoms with Gasteiger partial charge in [0.25, 0.3) is 0 Å². The van der Waals surface area contributed by atoms with Crippen molar-refractivity contribution in [2.24, 2.45) is 0 Å². The number of hydrogen-bond donors (Lipinski definition) is 1. The van der Waals surface area contributed by atoms with E-state index in [-0.39, 0.29) is 0 Å². The molecule has 1 heterocycles. The Kier molecular flexibility index (Phi) is 3.09. The third-order valence-electron chi connectivity index (χ3n) is 2.35. The fourth-order valence-corrected chi connectivity index (χ4v) is 2.89. The van der Waals surface area contributed by atoms with Crippen LogP contribution >= 0.6 is 15.9 Å². The average Bonchev–Trinajstić information content (AvgIpc) is 2.60. The van der Waals surface area contributed by atoms with E-state index in [2.05, 4.69) is 20.9 Å². The highest BCUT2D eigenvalue weighted by molar-refractivity contribution is 9.10. The monoisotopic (exact) mass is 315 g/mol. The number of aromatic amines is 1. The fraction of sp³-hybridized carbons (Fsp3) is 0.182. The maximum Gasteiger partial charge on any atom is 0.180 e. The van der Waals surface area contributed by atoms with Gasteiger partial charge in [0.1, 0.15) is 5.75 Å². The van der Waals surface area contributed by atoms with Gasteiger partial charge in [0, 0.05) is 33.4 Å². The minimum Gasteiger partial charge on any atom is -0.360 e. The lowest BCUT2D eigenvalue weighted by atomic mass is 10.1. The first-order valence-corrected chi connectivity index (χ1v) is 7.70. The van der Waals surface area contributed by atoms with E-state index < -0.39 is 21.4 Å². The van der Waals surface area contributed by atoms with Gasteiger partial charge in [-0.15, -0.1) is 0 Å². The number of fused-ring (bicyclic) bond motifs is 1. The molecule has 1 N–H and O–H groups in total. The second-order valence-corrected chi connectivity index (χ2v) is 6.85. The van der Waals surface area contributed by atoms with Gasteiger partial charge in [0.05, 0.1) is 0 Å². The van der Waals surface area contributed by atoms with Crippen molar-refractivity contribution >= 4 is 42.5 Å². The molecule has 0 spiro atoms. The lowest BCUT2D eigenvalue weighted by molar-refractivity contribution is 0.102. The molecule has 17 heavy (non-hydrogen) atoms. The molecule has 0 aliphatic rings. The Hall–Kier alpha value is -1.14. The summed E-state index contributed by atoms with van der Waals surface area (Å²) in [6.07, 6.45) is 2.59. The number of aromatic nitrogens is 1. The maximum absolute atomic E-state index is 11.9. The van der Waals surface area contributed by atoms with Crippen LogP contribution in [-0.4, -0.2) is 31.2 Å². The molecule has 0 aliphatic heterocycles. The Labute approximate surface area is 107 Å². The lowest BCUT2D eigenvalue weighted by Gasteiger charge is -1.99. The van der Waals surface area contributed by atoms with Crippen molar-refractivity contribution in [2.45, 2.75) is 0 Å². The molecule has 2 aromatic rings. The van der Waals surface area contributed by atoms with Crippen molar-refractivity contribution in [1.29, 1.82) is 0 Å².